The van der Waals surface area contributed by atoms with Crippen LogP contribution in [0.2, 0.25) is 0 Å². The number of pyridine rings is 1. The van der Waals surface area contributed by atoms with Gasteiger partial charge in [0.15, 0.2) is 0 Å². The van der Waals surface area contributed by atoms with Gasteiger partial charge < -0.3 is 15.0 Å². The molecule has 204 valence electrons. The van der Waals surface area contributed by atoms with Crippen LogP contribution in [0.15, 0.2) is 66.9 Å². The Morgan fingerprint density at radius 3 is 2.67 bits per heavy atom. The third-order valence-electron chi connectivity index (χ3n) is 8.91. The van der Waals surface area contributed by atoms with Crippen LogP contribution >= 0.6 is 0 Å². The van der Waals surface area contributed by atoms with Crippen LogP contribution < -0.4 is 19.9 Å². The van der Waals surface area contributed by atoms with E-state index in [1.807, 2.05) is 42.3 Å². The minimum atomic E-state index is -0.106. The van der Waals surface area contributed by atoms with Gasteiger partial charge in [0.05, 0.1) is 24.2 Å². The molecule has 1 atom stereocenters. The number of anilines is 3. The van der Waals surface area contributed by atoms with E-state index in [0.29, 0.717) is 12.6 Å². The SMILES string of the molecule is COc1cc2c(cc1N1CCN3CCC[C@H]3C1)N(C(=O)Nc1cccc3c(-c4cccnc4C)cccc13)CC2. The van der Waals surface area contributed by atoms with Crippen molar-refractivity contribution in [1.82, 2.24) is 9.88 Å². The van der Waals surface area contributed by atoms with Crippen LogP contribution in [0.5, 0.6) is 5.75 Å². The molecule has 1 aromatic heterocycles. The van der Waals surface area contributed by atoms with Gasteiger partial charge in [0.25, 0.3) is 0 Å². The number of carbonyl (C=O) groups is 1. The van der Waals surface area contributed by atoms with Gasteiger partial charge in [-0.25, -0.2) is 4.79 Å². The molecule has 7 heteroatoms. The van der Waals surface area contributed by atoms with Crippen LogP contribution in [0.3, 0.4) is 0 Å². The van der Waals surface area contributed by atoms with E-state index in [2.05, 4.69) is 56.5 Å². The summed E-state index contributed by atoms with van der Waals surface area (Å²) in [6.07, 6.45) is 5.17. The number of hydrogen-bond acceptors (Lipinski definition) is 5. The first-order chi connectivity index (χ1) is 19.6. The minimum Gasteiger partial charge on any atom is -0.495 e. The van der Waals surface area contributed by atoms with Gasteiger partial charge in [0.2, 0.25) is 0 Å². The van der Waals surface area contributed by atoms with Gasteiger partial charge in [-0.15, -0.1) is 0 Å². The van der Waals surface area contributed by atoms with Crippen molar-refractivity contribution in [1.29, 1.82) is 0 Å². The van der Waals surface area contributed by atoms with E-state index in [-0.39, 0.29) is 6.03 Å². The number of piperazine rings is 1. The molecule has 0 radical (unpaired) electrons. The fourth-order valence-electron chi connectivity index (χ4n) is 6.84. The highest BCUT2D eigenvalue weighted by atomic mass is 16.5. The monoisotopic (exact) mass is 533 g/mol. The van der Waals surface area contributed by atoms with Crippen LogP contribution in [-0.4, -0.2) is 61.8 Å². The van der Waals surface area contributed by atoms with Crippen LogP contribution in [0.25, 0.3) is 21.9 Å². The number of rotatable bonds is 4. The Hall–Kier alpha value is -4.10. The molecule has 0 unspecified atom stereocenters. The molecule has 0 bridgehead atoms. The van der Waals surface area contributed by atoms with Gasteiger partial charge in [-0.05, 0) is 73.5 Å². The molecule has 7 nitrogen and oxygen atoms in total. The van der Waals surface area contributed by atoms with Crippen LogP contribution in [0.1, 0.15) is 24.1 Å². The zero-order chi connectivity index (χ0) is 27.2. The number of benzene rings is 3. The summed E-state index contributed by atoms with van der Waals surface area (Å²) in [4.78, 5) is 25.2. The molecule has 7 rings (SSSR count). The summed E-state index contributed by atoms with van der Waals surface area (Å²) in [6, 6.07) is 21.2. The summed E-state index contributed by atoms with van der Waals surface area (Å²) < 4.78 is 5.85. The summed E-state index contributed by atoms with van der Waals surface area (Å²) in [6.45, 7) is 6.96. The predicted molar refractivity (Wildman–Crippen MR) is 162 cm³/mol. The van der Waals surface area contributed by atoms with E-state index < -0.39 is 0 Å². The van der Waals surface area contributed by atoms with Crippen LogP contribution in [0.4, 0.5) is 21.9 Å². The highest BCUT2D eigenvalue weighted by Gasteiger charge is 2.33. The highest BCUT2D eigenvalue weighted by molar-refractivity contribution is 6.11. The van der Waals surface area contributed by atoms with Gasteiger partial charge in [-0.2, -0.15) is 0 Å². The van der Waals surface area contributed by atoms with Crippen LogP contribution in [-0.2, 0) is 6.42 Å². The predicted octanol–water partition coefficient (Wildman–Crippen LogP) is 6.10. The Bertz CT molecular complexity index is 1600. The number of nitrogens with zero attached hydrogens (tertiary/aromatic N) is 4. The first-order valence-corrected chi connectivity index (χ1v) is 14.3. The van der Waals surface area contributed by atoms with E-state index >= 15 is 0 Å². The van der Waals surface area contributed by atoms with Crippen molar-refractivity contribution in [2.24, 2.45) is 0 Å². The molecule has 2 saturated heterocycles. The normalized spacial score (nSPS) is 18.6. The second kappa shape index (κ2) is 10.1. The minimum absolute atomic E-state index is 0.106. The van der Waals surface area contributed by atoms with Gasteiger partial charge >= 0.3 is 6.03 Å². The van der Waals surface area contributed by atoms with Crippen molar-refractivity contribution in [3.63, 3.8) is 0 Å². The molecule has 2 amide bonds. The van der Waals surface area contributed by atoms with E-state index in [4.69, 9.17) is 4.74 Å². The number of methoxy groups -OCH3 is 1. The Balaban J connectivity index is 1.19. The quantitative estimate of drug-likeness (QED) is 0.344. The average Bonchev–Trinajstić information content (AvgIpc) is 3.63. The summed E-state index contributed by atoms with van der Waals surface area (Å²) in [5, 5.41) is 5.35. The molecule has 0 aliphatic carbocycles. The third-order valence-corrected chi connectivity index (χ3v) is 8.91. The number of fused-ring (bicyclic) bond motifs is 3. The molecule has 0 saturated carbocycles. The zero-order valence-corrected chi connectivity index (χ0v) is 23.2. The number of hydrogen-bond donors (Lipinski definition) is 1. The maximum atomic E-state index is 13.8. The van der Waals surface area contributed by atoms with Gasteiger partial charge in [-0.1, -0.05) is 36.4 Å². The third kappa shape index (κ3) is 4.25. The summed E-state index contributed by atoms with van der Waals surface area (Å²) >= 11 is 0. The number of aromatic nitrogens is 1. The molecule has 40 heavy (non-hydrogen) atoms. The number of ether oxygens (including phenoxy) is 1. The van der Waals surface area contributed by atoms with Crippen molar-refractivity contribution in [2.45, 2.75) is 32.2 Å². The lowest BCUT2D eigenvalue weighted by molar-refractivity contribution is 0.230. The molecular formula is C33H35N5O2. The number of urea groups is 1. The molecule has 3 aliphatic rings. The molecule has 3 aromatic carbocycles. The molecule has 4 heterocycles. The van der Waals surface area contributed by atoms with Crippen molar-refractivity contribution >= 4 is 33.9 Å². The van der Waals surface area contributed by atoms with Gasteiger partial charge in [0.1, 0.15) is 5.75 Å². The van der Waals surface area contributed by atoms with Crippen molar-refractivity contribution < 1.29 is 9.53 Å². The standard InChI is InChI=1S/C33H35N5O2/c1-22-25(11-5-14-34-22)26-8-3-10-28-27(26)9-4-12-29(28)35-33(39)38-16-13-23-19-32(40-2)31(20-30(23)38)37-18-17-36-15-6-7-24(36)21-37/h3-5,8-12,14,19-20,24H,6-7,13,15-18,21H2,1-2H3,(H,35,39)/t24-/m0/s1. The van der Waals surface area contributed by atoms with Crippen molar-refractivity contribution in [3.05, 3.63) is 78.1 Å². The van der Waals surface area contributed by atoms with E-state index in [1.54, 1.807) is 7.11 Å². The maximum Gasteiger partial charge on any atom is 0.326 e. The molecule has 0 spiro atoms. The average molecular weight is 534 g/mol. The summed E-state index contributed by atoms with van der Waals surface area (Å²) in [7, 11) is 1.75. The molecule has 1 N–H and O–H groups in total. The highest BCUT2D eigenvalue weighted by Crippen LogP contribution is 2.41. The summed E-state index contributed by atoms with van der Waals surface area (Å²) in [5.74, 6) is 0.903. The Morgan fingerprint density at radius 2 is 1.80 bits per heavy atom. The Morgan fingerprint density at radius 1 is 0.950 bits per heavy atom. The molecule has 3 aliphatic heterocycles. The topological polar surface area (TPSA) is 60.9 Å². The van der Waals surface area contributed by atoms with E-state index in [9.17, 15) is 4.79 Å². The second-order valence-electron chi connectivity index (χ2n) is 11.1. The maximum absolute atomic E-state index is 13.8. The first-order valence-electron chi connectivity index (χ1n) is 14.3. The largest absolute Gasteiger partial charge is 0.495 e. The van der Waals surface area contributed by atoms with E-state index in [0.717, 1.165) is 82.0 Å². The lowest BCUT2D eigenvalue weighted by Gasteiger charge is -2.39. The smallest absolute Gasteiger partial charge is 0.326 e. The fraction of sp³-hybridized carbons (Fsp3) is 0.333. The Labute approximate surface area is 235 Å². The lowest BCUT2D eigenvalue weighted by Crippen LogP contribution is -2.50. The van der Waals surface area contributed by atoms with Gasteiger partial charge in [-0.3, -0.25) is 14.8 Å². The molecular weight excluding hydrogens is 498 g/mol. The Kier molecular flexibility index (Phi) is 6.31. The zero-order valence-electron chi connectivity index (χ0n) is 23.2. The fourth-order valence-corrected chi connectivity index (χ4v) is 6.84. The van der Waals surface area contributed by atoms with Crippen LogP contribution in [0, 0.1) is 6.92 Å². The van der Waals surface area contributed by atoms with Gasteiger partial charge in [0, 0.05) is 55.1 Å². The first kappa shape index (κ1) is 24.9. The molecule has 2 fully saturated rings. The number of nitrogens with one attached hydrogen (secondary N) is 1. The summed E-state index contributed by atoms with van der Waals surface area (Å²) in [5.41, 5.74) is 7.24. The number of aryl methyl sites for hydroxylation is 1. The molecule has 4 aromatic rings. The van der Waals surface area contributed by atoms with Crippen molar-refractivity contribution in [2.75, 3.05) is 55.0 Å². The second-order valence-corrected chi connectivity index (χ2v) is 11.1. The van der Waals surface area contributed by atoms with Crippen molar-refractivity contribution in [3.8, 4) is 16.9 Å². The lowest BCUT2D eigenvalue weighted by atomic mass is 9.96. The number of amides is 2. The number of carbonyl (C=O) groups excluding carboxylic acids is 1. The van der Waals surface area contributed by atoms with E-state index in [1.165, 1.54) is 19.4 Å².